The summed E-state index contributed by atoms with van der Waals surface area (Å²) in [5.74, 6) is -0.324. The number of hydrogen-bond donors (Lipinski definition) is 2. The molecular formula is C21H21ClN4O3. The van der Waals surface area contributed by atoms with Gasteiger partial charge in [-0.2, -0.15) is 0 Å². The zero-order valence-corrected chi connectivity index (χ0v) is 16.5. The highest BCUT2D eigenvalue weighted by molar-refractivity contribution is 6.43. The molecule has 2 aromatic rings. The van der Waals surface area contributed by atoms with Gasteiger partial charge in [0, 0.05) is 29.4 Å². The van der Waals surface area contributed by atoms with Crippen LogP contribution in [0, 0.1) is 0 Å². The number of carbonyl (C=O) groups is 2. The topological polar surface area (TPSA) is 83.0 Å². The first-order chi connectivity index (χ1) is 14.0. The summed E-state index contributed by atoms with van der Waals surface area (Å²) in [7, 11) is 0. The highest BCUT2D eigenvalue weighted by Gasteiger charge is 2.45. The number of oxime groups is 1. The van der Waals surface area contributed by atoms with Crippen molar-refractivity contribution in [2.24, 2.45) is 5.16 Å². The largest absolute Gasteiger partial charge is 0.386 e. The molecule has 0 bridgehead atoms. The third-order valence-electron chi connectivity index (χ3n) is 5.04. The molecule has 1 atom stereocenters. The second kappa shape index (κ2) is 8.13. The lowest BCUT2D eigenvalue weighted by Crippen LogP contribution is -2.52. The molecule has 4 rings (SSSR count). The molecule has 29 heavy (non-hydrogen) atoms. The summed E-state index contributed by atoms with van der Waals surface area (Å²) in [5.41, 5.74) is 0.990. The van der Waals surface area contributed by atoms with E-state index in [0.29, 0.717) is 35.9 Å². The molecule has 2 aromatic carbocycles. The summed E-state index contributed by atoms with van der Waals surface area (Å²) >= 11 is 5.96. The minimum atomic E-state index is -0.659. The molecule has 1 spiro atoms. The number of halogens is 1. The van der Waals surface area contributed by atoms with Gasteiger partial charge in [0.15, 0.2) is 5.60 Å². The van der Waals surface area contributed by atoms with Crippen LogP contribution in [0.2, 0.25) is 5.02 Å². The van der Waals surface area contributed by atoms with Crippen LogP contribution in [0.4, 0.5) is 16.2 Å². The molecule has 0 aromatic heterocycles. The van der Waals surface area contributed by atoms with Crippen molar-refractivity contribution in [1.82, 2.24) is 4.90 Å². The number of para-hydroxylation sites is 1. The standard InChI is InChI=1S/C21H21ClN4O3/c22-15-6-4-9-17(12-15)23-19(27)18-13-21(29-25-18)10-5-11-26(14-21)20(28)24-16-7-2-1-3-8-16/h1-4,6-9,12H,5,10-11,13-14H2,(H,23,27)(H,24,28). The first-order valence-corrected chi connectivity index (χ1v) is 9.84. The van der Waals surface area contributed by atoms with E-state index in [-0.39, 0.29) is 11.9 Å². The van der Waals surface area contributed by atoms with Crippen LogP contribution in [-0.4, -0.2) is 41.2 Å². The van der Waals surface area contributed by atoms with E-state index < -0.39 is 5.60 Å². The van der Waals surface area contributed by atoms with Crippen LogP contribution in [0.5, 0.6) is 0 Å². The number of amides is 3. The van der Waals surface area contributed by atoms with Crippen molar-refractivity contribution in [3.05, 3.63) is 59.6 Å². The van der Waals surface area contributed by atoms with Gasteiger partial charge in [-0.25, -0.2) is 4.79 Å². The maximum absolute atomic E-state index is 12.6. The molecule has 0 saturated carbocycles. The summed E-state index contributed by atoms with van der Waals surface area (Å²) < 4.78 is 0. The quantitative estimate of drug-likeness (QED) is 0.795. The van der Waals surface area contributed by atoms with Crippen LogP contribution in [0.3, 0.4) is 0 Å². The number of hydrogen-bond acceptors (Lipinski definition) is 4. The van der Waals surface area contributed by atoms with Crippen LogP contribution < -0.4 is 10.6 Å². The fraction of sp³-hybridized carbons (Fsp3) is 0.286. The monoisotopic (exact) mass is 412 g/mol. The third kappa shape index (κ3) is 4.51. The molecule has 2 aliphatic rings. The fourth-order valence-corrected chi connectivity index (χ4v) is 3.82. The molecular weight excluding hydrogens is 392 g/mol. The number of carbonyl (C=O) groups excluding carboxylic acids is 2. The molecule has 2 heterocycles. The minimum Gasteiger partial charge on any atom is -0.386 e. The molecule has 8 heteroatoms. The van der Waals surface area contributed by atoms with Gasteiger partial charge in [0.25, 0.3) is 5.91 Å². The second-order valence-electron chi connectivity index (χ2n) is 7.27. The first kappa shape index (κ1) is 19.3. The van der Waals surface area contributed by atoms with Gasteiger partial charge in [-0.05, 0) is 43.2 Å². The highest BCUT2D eigenvalue weighted by Crippen LogP contribution is 2.34. The molecule has 1 unspecified atom stereocenters. The van der Waals surface area contributed by atoms with Crippen molar-refractivity contribution in [1.29, 1.82) is 0 Å². The number of benzene rings is 2. The van der Waals surface area contributed by atoms with E-state index in [4.69, 9.17) is 16.4 Å². The zero-order valence-electron chi connectivity index (χ0n) is 15.7. The predicted octanol–water partition coefficient (Wildman–Crippen LogP) is 4.12. The number of rotatable bonds is 3. The third-order valence-corrected chi connectivity index (χ3v) is 5.27. The van der Waals surface area contributed by atoms with Crippen LogP contribution in [0.25, 0.3) is 0 Å². The number of likely N-dealkylation sites (tertiary alicyclic amines) is 1. The van der Waals surface area contributed by atoms with Gasteiger partial charge < -0.3 is 20.4 Å². The van der Waals surface area contributed by atoms with E-state index >= 15 is 0 Å². The summed E-state index contributed by atoms with van der Waals surface area (Å²) in [4.78, 5) is 32.6. The summed E-state index contributed by atoms with van der Waals surface area (Å²) in [6.45, 7) is 1.01. The Morgan fingerprint density at radius 3 is 2.66 bits per heavy atom. The van der Waals surface area contributed by atoms with Crippen molar-refractivity contribution < 1.29 is 14.4 Å². The Morgan fingerprint density at radius 2 is 1.86 bits per heavy atom. The van der Waals surface area contributed by atoms with Gasteiger partial charge in [0.05, 0.1) is 6.54 Å². The average molecular weight is 413 g/mol. The lowest BCUT2D eigenvalue weighted by molar-refractivity contribution is -0.110. The molecule has 0 aliphatic carbocycles. The molecule has 0 radical (unpaired) electrons. The number of urea groups is 1. The van der Waals surface area contributed by atoms with E-state index in [1.165, 1.54) is 0 Å². The Hall–Kier alpha value is -3.06. The lowest BCUT2D eigenvalue weighted by Gasteiger charge is -2.38. The van der Waals surface area contributed by atoms with E-state index in [1.54, 1.807) is 29.2 Å². The second-order valence-corrected chi connectivity index (χ2v) is 7.71. The minimum absolute atomic E-state index is 0.185. The van der Waals surface area contributed by atoms with Gasteiger partial charge in [0.2, 0.25) is 0 Å². The van der Waals surface area contributed by atoms with Gasteiger partial charge >= 0.3 is 6.03 Å². The van der Waals surface area contributed by atoms with Gasteiger partial charge in [0.1, 0.15) is 5.71 Å². The van der Waals surface area contributed by atoms with Crippen LogP contribution in [-0.2, 0) is 9.63 Å². The van der Waals surface area contributed by atoms with Crippen LogP contribution >= 0.6 is 11.6 Å². The fourth-order valence-electron chi connectivity index (χ4n) is 3.63. The number of nitrogens with zero attached hydrogens (tertiary/aromatic N) is 2. The Kier molecular flexibility index (Phi) is 5.40. The maximum atomic E-state index is 12.6. The summed E-state index contributed by atoms with van der Waals surface area (Å²) in [6.07, 6.45) is 1.87. The first-order valence-electron chi connectivity index (χ1n) is 9.46. The van der Waals surface area contributed by atoms with E-state index in [9.17, 15) is 9.59 Å². The van der Waals surface area contributed by atoms with Crippen molar-refractivity contribution in [3.8, 4) is 0 Å². The van der Waals surface area contributed by atoms with Crippen molar-refractivity contribution >= 4 is 40.6 Å². The molecule has 150 valence electrons. The molecule has 1 fully saturated rings. The van der Waals surface area contributed by atoms with Gasteiger partial charge in [-0.1, -0.05) is 41.0 Å². The lowest BCUT2D eigenvalue weighted by atomic mass is 9.88. The average Bonchev–Trinajstić information content (AvgIpc) is 3.12. The number of piperidine rings is 1. The Balaban J connectivity index is 1.37. The normalized spacial score (nSPS) is 20.7. The van der Waals surface area contributed by atoms with Crippen molar-refractivity contribution in [3.63, 3.8) is 0 Å². The van der Waals surface area contributed by atoms with E-state index in [1.807, 2.05) is 30.3 Å². The molecule has 3 amide bonds. The van der Waals surface area contributed by atoms with Crippen LogP contribution in [0.15, 0.2) is 59.8 Å². The molecule has 2 N–H and O–H groups in total. The predicted molar refractivity (Wildman–Crippen MR) is 112 cm³/mol. The van der Waals surface area contributed by atoms with Gasteiger partial charge in [-0.3, -0.25) is 4.79 Å². The molecule has 1 saturated heterocycles. The number of nitrogens with one attached hydrogen (secondary N) is 2. The Labute approximate surface area is 173 Å². The van der Waals surface area contributed by atoms with Crippen LogP contribution in [0.1, 0.15) is 19.3 Å². The summed E-state index contributed by atoms with van der Waals surface area (Å²) in [5, 5.41) is 10.2. The van der Waals surface area contributed by atoms with Gasteiger partial charge in [-0.15, -0.1) is 0 Å². The van der Waals surface area contributed by atoms with Crippen molar-refractivity contribution in [2.75, 3.05) is 23.7 Å². The molecule has 2 aliphatic heterocycles. The Morgan fingerprint density at radius 1 is 1.07 bits per heavy atom. The maximum Gasteiger partial charge on any atom is 0.321 e. The molecule has 7 nitrogen and oxygen atoms in total. The smallest absolute Gasteiger partial charge is 0.321 e. The highest BCUT2D eigenvalue weighted by atomic mass is 35.5. The van der Waals surface area contributed by atoms with E-state index in [2.05, 4.69) is 15.8 Å². The van der Waals surface area contributed by atoms with E-state index in [0.717, 1.165) is 18.5 Å². The number of anilines is 2. The Bertz CT molecular complexity index is 950. The SMILES string of the molecule is O=C(Nc1cccc(Cl)c1)C1=NOC2(CCCN(C(=O)Nc3ccccc3)C2)C1. The van der Waals surface area contributed by atoms with Crippen molar-refractivity contribution in [2.45, 2.75) is 24.9 Å². The summed E-state index contributed by atoms with van der Waals surface area (Å²) in [6, 6.07) is 16.0. The zero-order chi connectivity index (χ0) is 20.3.